The molecule has 0 fully saturated rings. The maximum absolute atomic E-state index is 12.5. The second kappa shape index (κ2) is 13.0. The molecule has 4 heteroatoms. The highest BCUT2D eigenvalue weighted by atomic mass is 32.1. The van der Waals surface area contributed by atoms with E-state index >= 15 is 0 Å². The Morgan fingerprint density at radius 2 is 1.56 bits per heavy atom. The molecule has 0 amide bonds. The molecule has 1 aromatic carbocycles. The zero-order valence-electron chi connectivity index (χ0n) is 15.7. The highest BCUT2D eigenvalue weighted by Crippen LogP contribution is 2.23. The summed E-state index contributed by atoms with van der Waals surface area (Å²) in [6.07, 6.45) is 11.5. The van der Waals surface area contributed by atoms with E-state index in [1.54, 1.807) is 12.1 Å². The third kappa shape index (κ3) is 9.10. The van der Waals surface area contributed by atoms with Crippen molar-refractivity contribution in [3.8, 4) is 5.75 Å². The molecule has 0 saturated heterocycles. The number of ketones is 1. The summed E-state index contributed by atoms with van der Waals surface area (Å²) in [5, 5.41) is 0. The zero-order valence-corrected chi connectivity index (χ0v) is 16.6. The number of rotatable bonds is 13. The fraction of sp³-hybridized carbons (Fsp3) is 0.619. The highest BCUT2D eigenvalue weighted by Gasteiger charge is 2.15. The lowest BCUT2D eigenvalue weighted by Crippen LogP contribution is -2.12. The van der Waals surface area contributed by atoms with Gasteiger partial charge in [0.1, 0.15) is 5.75 Å². The molecule has 0 saturated carbocycles. The average molecular weight is 365 g/mol. The fourth-order valence-corrected chi connectivity index (χ4v) is 2.90. The van der Waals surface area contributed by atoms with Gasteiger partial charge in [-0.15, -0.1) is 0 Å². The summed E-state index contributed by atoms with van der Waals surface area (Å²) in [4.78, 5) is 23.9. The quantitative estimate of drug-likeness (QED) is 0.155. The molecule has 0 aromatic heterocycles. The number of hydrogen-bond acceptors (Lipinski definition) is 4. The van der Waals surface area contributed by atoms with Crippen LogP contribution in [0.1, 0.15) is 87.1 Å². The van der Waals surface area contributed by atoms with E-state index in [-0.39, 0.29) is 11.5 Å². The van der Waals surface area contributed by atoms with Gasteiger partial charge in [0.05, 0.1) is 11.3 Å². The van der Waals surface area contributed by atoms with Gasteiger partial charge in [0.15, 0.2) is 5.78 Å². The monoisotopic (exact) mass is 364 g/mol. The second-order valence-electron chi connectivity index (χ2n) is 6.63. The first-order valence-corrected chi connectivity index (χ1v) is 10.2. The fourth-order valence-electron chi connectivity index (χ4n) is 2.84. The molecule has 0 aliphatic carbocycles. The van der Waals surface area contributed by atoms with Crippen molar-refractivity contribution in [3.63, 3.8) is 0 Å². The molecule has 0 heterocycles. The Hall–Kier alpha value is -1.29. The van der Waals surface area contributed by atoms with Gasteiger partial charge in [-0.2, -0.15) is 12.6 Å². The highest BCUT2D eigenvalue weighted by molar-refractivity contribution is 7.81. The molecule has 3 nitrogen and oxygen atoms in total. The van der Waals surface area contributed by atoms with Crippen LogP contribution in [-0.2, 0) is 4.79 Å². The van der Waals surface area contributed by atoms with E-state index in [2.05, 4.69) is 19.6 Å². The van der Waals surface area contributed by atoms with Gasteiger partial charge in [-0.1, -0.05) is 69.9 Å². The predicted octanol–water partition coefficient (Wildman–Crippen LogP) is 5.93. The Kier molecular flexibility index (Phi) is 11.3. The summed E-state index contributed by atoms with van der Waals surface area (Å²) in [5.74, 6) is -0.0387. The van der Waals surface area contributed by atoms with Crippen molar-refractivity contribution in [1.82, 2.24) is 0 Å². The zero-order chi connectivity index (χ0) is 18.5. The number of ether oxygens (including phenoxy) is 1. The maximum Gasteiger partial charge on any atom is 0.321 e. The minimum absolute atomic E-state index is 0.000235. The lowest BCUT2D eigenvalue weighted by Gasteiger charge is -2.10. The van der Waals surface area contributed by atoms with Crippen molar-refractivity contribution < 1.29 is 14.3 Å². The van der Waals surface area contributed by atoms with Crippen LogP contribution < -0.4 is 4.74 Å². The van der Waals surface area contributed by atoms with E-state index in [0.717, 1.165) is 18.4 Å². The molecular formula is C21H32O3S. The van der Waals surface area contributed by atoms with Crippen LogP contribution in [0.5, 0.6) is 5.75 Å². The molecule has 0 N–H and O–H groups in total. The average Bonchev–Trinajstić information content (AvgIpc) is 2.61. The Labute approximate surface area is 157 Å². The van der Waals surface area contributed by atoms with Crippen LogP contribution in [0.4, 0.5) is 0 Å². The summed E-state index contributed by atoms with van der Waals surface area (Å²) in [5.41, 5.74) is 1.50. The van der Waals surface area contributed by atoms with Crippen LogP contribution in [0.2, 0.25) is 0 Å². The molecule has 1 rings (SSSR count). The van der Waals surface area contributed by atoms with Gasteiger partial charge in [0.2, 0.25) is 0 Å². The standard InChI is InChI=1S/C21H32O3S/c1-3-4-5-6-7-8-9-10-11-12-19(22)18-15-17(2)13-14-20(18)24-21(23)16-25/h13-15,25H,3-12,16H2,1-2H3. The molecule has 140 valence electrons. The Bertz CT molecular complexity index is 540. The molecule has 0 aliphatic heterocycles. The van der Waals surface area contributed by atoms with Gasteiger partial charge in [0, 0.05) is 6.42 Å². The summed E-state index contributed by atoms with van der Waals surface area (Å²) >= 11 is 3.91. The number of benzene rings is 1. The topological polar surface area (TPSA) is 43.4 Å². The minimum Gasteiger partial charge on any atom is -0.425 e. The number of carbonyl (C=O) groups is 2. The third-order valence-electron chi connectivity index (χ3n) is 4.30. The molecular weight excluding hydrogens is 332 g/mol. The summed E-state index contributed by atoms with van der Waals surface area (Å²) in [7, 11) is 0. The number of carbonyl (C=O) groups excluding carboxylic acids is 2. The van der Waals surface area contributed by atoms with Gasteiger partial charge in [0.25, 0.3) is 0 Å². The SMILES string of the molecule is CCCCCCCCCCCC(=O)c1cc(C)ccc1OC(=O)CS. The molecule has 0 aliphatic rings. The van der Waals surface area contributed by atoms with Crippen LogP contribution in [0.15, 0.2) is 18.2 Å². The van der Waals surface area contributed by atoms with Crippen molar-refractivity contribution >= 4 is 24.4 Å². The largest absolute Gasteiger partial charge is 0.425 e. The number of aryl methyl sites for hydroxylation is 1. The first kappa shape index (κ1) is 21.8. The van der Waals surface area contributed by atoms with Gasteiger partial charge in [-0.25, -0.2) is 0 Å². The second-order valence-corrected chi connectivity index (χ2v) is 6.95. The molecule has 0 atom stereocenters. The molecule has 0 unspecified atom stereocenters. The lowest BCUT2D eigenvalue weighted by molar-refractivity contribution is -0.131. The van der Waals surface area contributed by atoms with Crippen molar-refractivity contribution in [1.29, 1.82) is 0 Å². The van der Waals surface area contributed by atoms with Crippen molar-refractivity contribution in [3.05, 3.63) is 29.3 Å². The van der Waals surface area contributed by atoms with E-state index in [0.29, 0.717) is 17.7 Å². The van der Waals surface area contributed by atoms with Gasteiger partial charge < -0.3 is 4.74 Å². The first-order valence-electron chi connectivity index (χ1n) is 9.53. The van der Waals surface area contributed by atoms with Gasteiger partial charge in [-0.3, -0.25) is 9.59 Å². The van der Waals surface area contributed by atoms with E-state index in [4.69, 9.17) is 4.74 Å². The van der Waals surface area contributed by atoms with Crippen LogP contribution in [0.3, 0.4) is 0 Å². The van der Waals surface area contributed by atoms with Crippen LogP contribution in [0.25, 0.3) is 0 Å². The Morgan fingerprint density at radius 1 is 0.960 bits per heavy atom. The molecule has 0 radical (unpaired) electrons. The van der Waals surface area contributed by atoms with Gasteiger partial charge in [-0.05, 0) is 25.5 Å². The summed E-state index contributed by atoms with van der Waals surface area (Å²) in [6, 6.07) is 5.34. The minimum atomic E-state index is -0.440. The van der Waals surface area contributed by atoms with Crippen LogP contribution in [0, 0.1) is 6.92 Å². The number of Topliss-reactive ketones (excluding diaryl/α,β-unsaturated/α-hetero) is 1. The Morgan fingerprint density at radius 3 is 2.16 bits per heavy atom. The molecule has 25 heavy (non-hydrogen) atoms. The van der Waals surface area contributed by atoms with E-state index < -0.39 is 5.97 Å². The number of esters is 1. The van der Waals surface area contributed by atoms with Gasteiger partial charge >= 0.3 is 5.97 Å². The van der Waals surface area contributed by atoms with E-state index in [9.17, 15) is 9.59 Å². The third-order valence-corrected chi connectivity index (χ3v) is 4.55. The first-order chi connectivity index (χ1) is 12.1. The van der Waals surface area contributed by atoms with Crippen molar-refractivity contribution in [2.45, 2.75) is 78.1 Å². The Balaban J connectivity index is 2.36. The normalized spacial score (nSPS) is 10.7. The van der Waals surface area contributed by atoms with Crippen LogP contribution in [-0.4, -0.2) is 17.5 Å². The smallest absolute Gasteiger partial charge is 0.321 e. The predicted molar refractivity (Wildman–Crippen MR) is 107 cm³/mol. The van der Waals surface area contributed by atoms with Crippen molar-refractivity contribution in [2.24, 2.45) is 0 Å². The van der Waals surface area contributed by atoms with Crippen molar-refractivity contribution in [2.75, 3.05) is 5.75 Å². The maximum atomic E-state index is 12.5. The number of unbranched alkanes of at least 4 members (excludes halogenated alkanes) is 8. The van der Waals surface area contributed by atoms with E-state index in [1.165, 1.54) is 44.9 Å². The summed E-state index contributed by atoms with van der Waals surface area (Å²) < 4.78 is 5.23. The molecule has 0 bridgehead atoms. The summed E-state index contributed by atoms with van der Waals surface area (Å²) in [6.45, 7) is 4.16. The van der Waals surface area contributed by atoms with E-state index in [1.807, 2.05) is 13.0 Å². The van der Waals surface area contributed by atoms with Crippen LogP contribution >= 0.6 is 12.6 Å². The molecule has 0 spiro atoms. The molecule has 1 aromatic rings. The number of hydrogen-bond donors (Lipinski definition) is 1. The number of thiol groups is 1. The lowest BCUT2D eigenvalue weighted by atomic mass is 10.0.